The first-order valence-electron chi connectivity index (χ1n) is 8.02. The van der Waals surface area contributed by atoms with E-state index in [4.69, 9.17) is 0 Å². The van der Waals surface area contributed by atoms with Crippen molar-refractivity contribution in [1.82, 2.24) is 19.2 Å². The predicted octanol–water partition coefficient (Wildman–Crippen LogP) is 2.44. The van der Waals surface area contributed by atoms with Crippen LogP contribution in [0.4, 0.5) is 5.82 Å². The van der Waals surface area contributed by atoms with Crippen molar-refractivity contribution in [2.24, 2.45) is 0 Å². The molecular formula is C19H15N5O2. The van der Waals surface area contributed by atoms with Gasteiger partial charge in [0.15, 0.2) is 5.65 Å². The molecular weight excluding hydrogens is 330 g/mol. The summed E-state index contributed by atoms with van der Waals surface area (Å²) in [6.45, 7) is 1.90. The number of nitrogens with one attached hydrogen (secondary N) is 1. The highest BCUT2D eigenvalue weighted by Crippen LogP contribution is 2.10. The maximum Gasteiger partial charge on any atom is 0.286 e. The Labute approximate surface area is 148 Å². The molecule has 1 N–H and O–H groups in total. The number of rotatable bonds is 3. The van der Waals surface area contributed by atoms with Gasteiger partial charge in [0.25, 0.3) is 11.5 Å². The number of para-hydroxylation sites is 1. The number of benzene rings is 1. The first-order valence-corrected chi connectivity index (χ1v) is 8.02. The first kappa shape index (κ1) is 15.8. The Morgan fingerprint density at radius 1 is 1.08 bits per heavy atom. The molecule has 0 saturated carbocycles. The van der Waals surface area contributed by atoms with E-state index in [-0.39, 0.29) is 5.56 Å². The lowest BCUT2D eigenvalue weighted by atomic mass is 10.3. The van der Waals surface area contributed by atoms with Crippen LogP contribution in [0.2, 0.25) is 0 Å². The van der Waals surface area contributed by atoms with Crippen molar-refractivity contribution in [3.05, 3.63) is 88.6 Å². The minimum atomic E-state index is -0.546. The van der Waals surface area contributed by atoms with E-state index in [1.54, 1.807) is 29.2 Å². The van der Waals surface area contributed by atoms with Gasteiger partial charge >= 0.3 is 0 Å². The van der Waals surface area contributed by atoms with E-state index in [0.29, 0.717) is 11.5 Å². The van der Waals surface area contributed by atoms with Gasteiger partial charge in [0, 0.05) is 24.7 Å². The molecule has 128 valence electrons. The minimum absolute atomic E-state index is 0.0540. The molecule has 4 aromatic rings. The molecule has 0 atom stereocenters. The third kappa shape index (κ3) is 2.75. The van der Waals surface area contributed by atoms with Crippen LogP contribution in [0.25, 0.3) is 11.3 Å². The van der Waals surface area contributed by atoms with E-state index >= 15 is 0 Å². The number of amides is 1. The van der Waals surface area contributed by atoms with Crippen LogP contribution in [0, 0.1) is 6.92 Å². The number of carbonyl (C=O) groups is 1. The zero-order valence-corrected chi connectivity index (χ0v) is 14.0. The third-order valence-electron chi connectivity index (χ3n) is 3.97. The Bertz CT molecular complexity index is 1160. The summed E-state index contributed by atoms with van der Waals surface area (Å²) in [4.78, 5) is 33.8. The summed E-state index contributed by atoms with van der Waals surface area (Å²) in [6.07, 6.45) is 4.63. The Morgan fingerprint density at radius 2 is 1.88 bits per heavy atom. The topological polar surface area (TPSA) is 81.3 Å². The highest BCUT2D eigenvalue weighted by Gasteiger charge is 2.16. The average molecular weight is 345 g/mol. The second-order valence-corrected chi connectivity index (χ2v) is 5.82. The highest BCUT2D eigenvalue weighted by molar-refractivity contribution is 6.03. The zero-order chi connectivity index (χ0) is 18.1. The molecule has 3 heterocycles. The number of carbonyl (C=O) groups excluding carboxylic acids is 1. The first-order chi connectivity index (χ1) is 12.6. The van der Waals surface area contributed by atoms with Crippen molar-refractivity contribution < 1.29 is 4.79 Å². The number of aryl methyl sites for hydroxylation is 1. The molecule has 0 saturated heterocycles. The van der Waals surface area contributed by atoms with Gasteiger partial charge in [-0.1, -0.05) is 18.2 Å². The number of anilines is 1. The number of aromatic nitrogens is 4. The van der Waals surface area contributed by atoms with Gasteiger partial charge in [-0.05, 0) is 36.8 Å². The molecule has 4 rings (SSSR count). The van der Waals surface area contributed by atoms with E-state index in [2.05, 4.69) is 15.3 Å². The molecule has 0 aliphatic carbocycles. The molecule has 0 spiro atoms. The van der Waals surface area contributed by atoms with Gasteiger partial charge < -0.3 is 5.32 Å². The summed E-state index contributed by atoms with van der Waals surface area (Å²) in [5.41, 5.74) is 1.71. The highest BCUT2D eigenvalue weighted by atomic mass is 16.2. The van der Waals surface area contributed by atoms with Gasteiger partial charge in [-0.15, -0.1) is 0 Å². The van der Waals surface area contributed by atoms with Crippen LogP contribution < -0.4 is 10.9 Å². The fourth-order valence-corrected chi connectivity index (χ4v) is 2.71. The lowest BCUT2D eigenvalue weighted by Crippen LogP contribution is -2.29. The molecule has 0 aliphatic rings. The van der Waals surface area contributed by atoms with Gasteiger partial charge in [-0.3, -0.25) is 14.3 Å². The molecule has 3 aromatic heterocycles. The number of pyridine rings is 1. The summed E-state index contributed by atoms with van der Waals surface area (Å²) in [5.74, 6) is -0.159. The van der Waals surface area contributed by atoms with Crippen LogP contribution in [0.15, 0.2) is 71.9 Å². The van der Waals surface area contributed by atoms with Crippen molar-refractivity contribution in [3.8, 4) is 5.69 Å². The van der Waals surface area contributed by atoms with E-state index < -0.39 is 11.5 Å². The fourth-order valence-electron chi connectivity index (χ4n) is 2.71. The number of nitrogens with zero attached hydrogens (tertiary/aromatic N) is 4. The van der Waals surface area contributed by atoms with E-state index in [0.717, 1.165) is 11.3 Å². The van der Waals surface area contributed by atoms with Gasteiger partial charge in [0.05, 0.1) is 5.69 Å². The second kappa shape index (κ2) is 6.29. The van der Waals surface area contributed by atoms with Crippen LogP contribution in [-0.2, 0) is 0 Å². The summed E-state index contributed by atoms with van der Waals surface area (Å²) < 4.78 is 3.03. The second-order valence-electron chi connectivity index (χ2n) is 5.82. The maximum absolute atomic E-state index is 12.9. The molecule has 0 bridgehead atoms. The largest absolute Gasteiger partial charge is 0.306 e. The van der Waals surface area contributed by atoms with Crippen LogP contribution in [-0.4, -0.2) is 25.1 Å². The van der Waals surface area contributed by atoms with Crippen molar-refractivity contribution in [1.29, 1.82) is 0 Å². The monoisotopic (exact) mass is 345 g/mol. The zero-order valence-electron chi connectivity index (χ0n) is 14.0. The normalized spacial score (nSPS) is 10.8. The van der Waals surface area contributed by atoms with Crippen molar-refractivity contribution >= 4 is 17.4 Å². The number of fused-ring (bicyclic) bond motifs is 1. The SMILES string of the molecule is Cc1ccnc(NC(=O)c2cnc3ccn(-c4ccccc4)n3c2=O)c1. The predicted molar refractivity (Wildman–Crippen MR) is 97.7 cm³/mol. The van der Waals surface area contributed by atoms with Gasteiger partial charge in [-0.25, -0.2) is 9.97 Å². The fraction of sp³-hybridized carbons (Fsp3) is 0.0526. The summed E-state index contributed by atoms with van der Waals surface area (Å²) in [7, 11) is 0. The van der Waals surface area contributed by atoms with Crippen molar-refractivity contribution in [2.45, 2.75) is 6.92 Å². The van der Waals surface area contributed by atoms with Crippen molar-refractivity contribution in [2.75, 3.05) is 5.32 Å². The van der Waals surface area contributed by atoms with Crippen LogP contribution in [0.3, 0.4) is 0 Å². The van der Waals surface area contributed by atoms with Gasteiger partial charge in [0.2, 0.25) is 0 Å². The molecule has 7 heteroatoms. The average Bonchev–Trinajstić information content (AvgIpc) is 3.08. The summed E-state index contributed by atoms with van der Waals surface area (Å²) in [6, 6.07) is 14.7. The van der Waals surface area contributed by atoms with Gasteiger partial charge in [-0.2, -0.15) is 4.52 Å². The lowest BCUT2D eigenvalue weighted by molar-refractivity contribution is 0.102. The molecule has 1 aromatic carbocycles. The Kier molecular flexibility index (Phi) is 3.81. The molecule has 1 amide bonds. The summed E-state index contributed by atoms with van der Waals surface area (Å²) in [5, 5.41) is 2.64. The smallest absolute Gasteiger partial charge is 0.286 e. The quantitative estimate of drug-likeness (QED) is 0.618. The molecule has 0 aliphatic heterocycles. The Balaban J connectivity index is 1.78. The van der Waals surface area contributed by atoms with E-state index in [9.17, 15) is 9.59 Å². The van der Waals surface area contributed by atoms with E-state index in [1.165, 1.54) is 10.7 Å². The third-order valence-corrected chi connectivity index (χ3v) is 3.97. The standard InChI is InChI=1S/C19H15N5O2/c1-13-7-9-20-16(11-13)22-18(25)15-12-21-17-8-10-23(24(17)19(15)26)14-5-3-2-4-6-14/h2-12H,1H3,(H,20,22,25). The molecule has 0 unspecified atom stereocenters. The van der Waals surface area contributed by atoms with Crippen molar-refractivity contribution in [3.63, 3.8) is 0 Å². The Hall–Kier alpha value is -3.74. The van der Waals surface area contributed by atoms with Crippen LogP contribution in [0.5, 0.6) is 0 Å². The number of hydrogen-bond donors (Lipinski definition) is 1. The number of hydrogen-bond acceptors (Lipinski definition) is 4. The minimum Gasteiger partial charge on any atom is -0.306 e. The molecule has 0 fully saturated rings. The van der Waals surface area contributed by atoms with E-state index in [1.807, 2.05) is 43.3 Å². The maximum atomic E-state index is 12.9. The molecule has 0 radical (unpaired) electrons. The lowest BCUT2D eigenvalue weighted by Gasteiger charge is -2.08. The molecule has 7 nitrogen and oxygen atoms in total. The van der Waals surface area contributed by atoms with Gasteiger partial charge in [0.1, 0.15) is 11.4 Å². The van der Waals surface area contributed by atoms with Crippen LogP contribution in [0.1, 0.15) is 15.9 Å². The molecule has 26 heavy (non-hydrogen) atoms. The summed E-state index contributed by atoms with van der Waals surface area (Å²) >= 11 is 0. The van der Waals surface area contributed by atoms with Crippen LogP contribution >= 0.6 is 0 Å². The Morgan fingerprint density at radius 3 is 2.65 bits per heavy atom.